The summed E-state index contributed by atoms with van der Waals surface area (Å²) in [6.45, 7) is 1.60. The van der Waals surface area contributed by atoms with E-state index in [1.165, 1.54) is 6.07 Å². The van der Waals surface area contributed by atoms with Gasteiger partial charge in [0.15, 0.2) is 0 Å². The van der Waals surface area contributed by atoms with E-state index in [-0.39, 0.29) is 12.2 Å². The molecular formula is C12H13FN2O2. The van der Waals surface area contributed by atoms with Crippen molar-refractivity contribution in [2.24, 2.45) is 4.99 Å². The second-order valence-electron chi connectivity index (χ2n) is 3.82. The van der Waals surface area contributed by atoms with Gasteiger partial charge in [-0.15, -0.1) is 0 Å². The van der Waals surface area contributed by atoms with Gasteiger partial charge in [-0.2, -0.15) is 0 Å². The Morgan fingerprint density at radius 1 is 1.47 bits per heavy atom. The van der Waals surface area contributed by atoms with Crippen molar-refractivity contribution in [1.82, 2.24) is 4.90 Å². The minimum atomic E-state index is -0.857. The molecule has 0 amide bonds. The highest BCUT2D eigenvalue weighted by Gasteiger charge is 2.21. The van der Waals surface area contributed by atoms with Crippen LogP contribution in [0, 0.1) is 5.82 Å². The largest absolute Gasteiger partial charge is 0.481 e. The minimum Gasteiger partial charge on any atom is -0.481 e. The number of amidine groups is 1. The van der Waals surface area contributed by atoms with Crippen LogP contribution in [0.5, 0.6) is 0 Å². The molecule has 0 atom stereocenters. The van der Waals surface area contributed by atoms with Crippen molar-refractivity contribution in [2.45, 2.75) is 6.42 Å². The smallest absolute Gasteiger partial charge is 0.305 e. The molecule has 5 heteroatoms. The highest BCUT2D eigenvalue weighted by Crippen LogP contribution is 2.14. The molecule has 0 spiro atoms. The first-order valence-electron chi connectivity index (χ1n) is 5.44. The fourth-order valence-electron chi connectivity index (χ4n) is 1.83. The molecule has 1 N–H and O–H groups in total. The number of hydrogen-bond donors (Lipinski definition) is 1. The summed E-state index contributed by atoms with van der Waals surface area (Å²) in [6.07, 6.45) is 0.0352. The van der Waals surface area contributed by atoms with Crippen LogP contribution in [0.1, 0.15) is 12.0 Å². The zero-order chi connectivity index (χ0) is 12.3. The van der Waals surface area contributed by atoms with Gasteiger partial charge in [0, 0.05) is 13.1 Å². The normalized spacial score (nSPS) is 14.9. The Morgan fingerprint density at radius 3 is 2.94 bits per heavy atom. The van der Waals surface area contributed by atoms with E-state index in [4.69, 9.17) is 5.11 Å². The van der Waals surface area contributed by atoms with E-state index in [9.17, 15) is 9.18 Å². The first-order valence-corrected chi connectivity index (χ1v) is 5.44. The number of benzene rings is 1. The zero-order valence-electron chi connectivity index (χ0n) is 9.27. The Hall–Kier alpha value is -1.91. The molecule has 0 saturated heterocycles. The van der Waals surface area contributed by atoms with Gasteiger partial charge in [0.1, 0.15) is 11.7 Å². The van der Waals surface area contributed by atoms with E-state index in [0.29, 0.717) is 31.0 Å². The first kappa shape index (κ1) is 11.6. The van der Waals surface area contributed by atoms with Crippen molar-refractivity contribution in [2.75, 3.05) is 19.6 Å². The summed E-state index contributed by atoms with van der Waals surface area (Å²) in [5.74, 6) is -0.623. The predicted molar refractivity (Wildman–Crippen MR) is 61.6 cm³/mol. The van der Waals surface area contributed by atoms with Crippen LogP contribution in [-0.2, 0) is 4.79 Å². The van der Waals surface area contributed by atoms with Crippen molar-refractivity contribution in [1.29, 1.82) is 0 Å². The minimum absolute atomic E-state index is 0.0352. The van der Waals surface area contributed by atoms with Crippen molar-refractivity contribution < 1.29 is 14.3 Å². The number of aliphatic imine (C=N–C) groups is 1. The van der Waals surface area contributed by atoms with Crippen molar-refractivity contribution in [3.63, 3.8) is 0 Å². The monoisotopic (exact) mass is 236 g/mol. The highest BCUT2D eigenvalue weighted by atomic mass is 19.1. The van der Waals surface area contributed by atoms with E-state index in [1.807, 2.05) is 4.90 Å². The number of carboxylic acids is 1. The number of carbonyl (C=O) groups is 1. The molecule has 0 radical (unpaired) electrons. The van der Waals surface area contributed by atoms with Gasteiger partial charge in [-0.1, -0.05) is 12.1 Å². The molecule has 0 fully saturated rings. The lowest BCUT2D eigenvalue weighted by atomic mass is 10.2. The molecule has 1 aliphatic heterocycles. The molecule has 0 saturated carbocycles. The Morgan fingerprint density at radius 2 is 2.24 bits per heavy atom. The molecule has 2 rings (SSSR count). The molecule has 0 unspecified atom stereocenters. The number of nitrogens with zero attached hydrogens (tertiary/aromatic N) is 2. The maximum atomic E-state index is 13.6. The van der Waals surface area contributed by atoms with E-state index in [1.54, 1.807) is 18.2 Å². The van der Waals surface area contributed by atoms with Crippen LogP contribution >= 0.6 is 0 Å². The fourth-order valence-corrected chi connectivity index (χ4v) is 1.83. The Balaban J connectivity index is 2.15. The number of hydrogen-bond acceptors (Lipinski definition) is 3. The van der Waals surface area contributed by atoms with Crippen LogP contribution in [0.2, 0.25) is 0 Å². The quantitative estimate of drug-likeness (QED) is 0.858. The summed E-state index contributed by atoms with van der Waals surface area (Å²) >= 11 is 0. The Kier molecular flexibility index (Phi) is 3.37. The number of rotatable bonds is 4. The SMILES string of the molecule is O=C(O)CCN1CCN=C1c1ccccc1F. The predicted octanol–water partition coefficient (Wildman–Crippen LogP) is 1.36. The molecule has 0 aliphatic carbocycles. The van der Waals surface area contributed by atoms with E-state index in [0.717, 1.165) is 0 Å². The Labute approximate surface area is 98.4 Å². The average Bonchev–Trinajstić information content (AvgIpc) is 2.75. The summed E-state index contributed by atoms with van der Waals surface area (Å²) in [5, 5.41) is 8.64. The molecular weight excluding hydrogens is 223 g/mol. The second kappa shape index (κ2) is 4.95. The van der Waals surface area contributed by atoms with Crippen LogP contribution in [0.15, 0.2) is 29.3 Å². The maximum Gasteiger partial charge on any atom is 0.305 e. The summed E-state index contributed by atoms with van der Waals surface area (Å²) in [5.41, 5.74) is 0.440. The topological polar surface area (TPSA) is 52.9 Å². The van der Waals surface area contributed by atoms with Crippen LogP contribution < -0.4 is 0 Å². The number of carboxylic acid groups (broad SMARTS) is 1. The van der Waals surface area contributed by atoms with Gasteiger partial charge in [0.05, 0.1) is 18.5 Å². The maximum absolute atomic E-state index is 13.6. The molecule has 0 aromatic heterocycles. The van der Waals surface area contributed by atoms with E-state index < -0.39 is 5.97 Å². The van der Waals surface area contributed by atoms with E-state index >= 15 is 0 Å². The summed E-state index contributed by atoms with van der Waals surface area (Å²) in [4.78, 5) is 16.6. The number of halogens is 1. The van der Waals surface area contributed by atoms with Gasteiger partial charge in [-0.3, -0.25) is 9.79 Å². The molecule has 4 nitrogen and oxygen atoms in total. The molecule has 0 bridgehead atoms. The average molecular weight is 236 g/mol. The highest BCUT2D eigenvalue weighted by molar-refractivity contribution is 6.00. The molecule has 1 heterocycles. The van der Waals surface area contributed by atoms with Crippen LogP contribution in [0.25, 0.3) is 0 Å². The molecule has 1 aromatic carbocycles. The second-order valence-corrected chi connectivity index (χ2v) is 3.82. The van der Waals surface area contributed by atoms with Crippen LogP contribution in [-0.4, -0.2) is 41.4 Å². The van der Waals surface area contributed by atoms with Crippen molar-refractivity contribution in [3.8, 4) is 0 Å². The summed E-state index contributed by atoms with van der Waals surface area (Å²) < 4.78 is 13.6. The lowest BCUT2D eigenvalue weighted by Crippen LogP contribution is -2.31. The number of aliphatic carboxylic acids is 1. The summed E-state index contributed by atoms with van der Waals surface area (Å²) in [7, 11) is 0. The molecule has 90 valence electrons. The Bertz CT molecular complexity index is 460. The lowest BCUT2D eigenvalue weighted by Gasteiger charge is -2.19. The van der Waals surface area contributed by atoms with Gasteiger partial charge in [-0.25, -0.2) is 4.39 Å². The first-order chi connectivity index (χ1) is 8.18. The van der Waals surface area contributed by atoms with Gasteiger partial charge in [-0.05, 0) is 12.1 Å². The standard InChI is InChI=1S/C12H13FN2O2/c13-10-4-2-1-3-9(10)12-14-6-8-15(12)7-5-11(16)17/h1-4H,5-8H2,(H,16,17). The van der Waals surface area contributed by atoms with Crippen LogP contribution in [0.3, 0.4) is 0 Å². The third kappa shape index (κ3) is 2.61. The summed E-state index contributed by atoms with van der Waals surface area (Å²) in [6, 6.07) is 6.41. The van der Waals surface area contributed by atoms with E-state index in [2.05, 4.69) is 4.99 Å². The third-order valence-electron chi connectivity index (χ3n) is 2.64. The van der Waals surface area contributed by atoms with Crippen molar-refractivity contribution in [3.05, 3.63) is 35.6 Å². The van der Waals surface area contributed by atoms with Gasteiger partial charge < -0.3 is 10.0 Å². The molecule has 1 aromatic rings. The van der Waals surface area contributed by atoms with Crippen molar-refractivity contribution >= 4 is 11.8 Å². The third-order valence-corrected chi connectivity index (χ3v) is 2.64. The molecule has 17 heavy (non-hydrogen) atoms. The fraction of sp³-hybridized carbons (Fsp3) is 0.333. The van der Waals surface area contributed by atoms with Gasteiger partial charge >= 0.3 is 5.97 Å². The van der Waals surface area contributed by atoms with Gasteiger partial charge in [0.2, 0.25) is 0 Å². The molecule has 1 aliphatic rings. The lowest BCUT2D eigenvalue weighted by molar-refractivity contribution is -0.137. The van der Waals surface area contributed by atoms with Crippen LogP contribution in [0.4, 0.5) is 4.39 Å². The van der Waals surface area contributed by atoms with Gasteiger partial charge in [0.25, 0.3) is 0 Å². The zero-order valence-corrected chi connectivity index (χ0v) is 9.27.